The van der Waals surface area contributed by atoms with Gasteiger partial charge in [-0.2, -0.15) is 0 Å². The van der Waals surface area contributed by atoms with Crippen LogP contribution in [0.15, 0.2) is 4.60 Å². The van der Waals surface area contributed by atoms with Crippen molar-refractivity contribution in [1.82, 2.24) is 15.0 Å². The van der Waals surface area contributed by atoms with Crippen molar-refractivity contribution in [3.8, 4) is 0 Å². The summed E-state index contributed by atoms with van der Waals surface area (Å²) in [6.07, 6.45) is 0.941. The van der Waals surface area contributed by atoms with E-state index < -0.39 is 5.97 Å². The molecule has 0 radical (unpaired) electrons. The summed E-state index contributed by atoms with van der Waals surface area (Å²) < 4.78 is 6.90. The van der Waals surface area contributed by atoms with Crippen molar-refractivity contribution in [3.05, 3.63) is 10.3 Å². The smallest absolute Gasteiger partial charge is 0.357 e. The fourth-order valence-electron chi connectivity index (χ4n) is 1.59. The van der Waals surface area contributed by atoms with Gasteiger partial charge in [0.15, 0.2) is 10.3 Å². The quantitative estimate of drug-likeness (QED) is 0.882. The van der Waals surface area contributed by atoms with Crippen LogP contribution in [0.2, 0.25) is 0 Å². The summed E-state index contributed by atoms with van der Waals surface area (Å²) in [5.41, 5.74) is 0.0990. The second-order valence-corrected chi connectivity index (χ2v) is 4.20. The number of carboxylic acid groups (broad SMARTS) is 1. The van der Waals surface area contributed by atoms with Gasteiger partial charge in [-0.05, 0) is 22.4 Å². The van der Waals surface area contributed by atoms with Crippen molar-refractivity contribution in [2.24, 2.45) is 5.92 Å². The minimum atomic E-state index is -1.02. The molecule has 1 saturated heterocycles. The maximum Gasteiger partial charge on any atom is 0.357 e. The van der Waals surface area contributed by atoms with Gasteiger partial charge in [-0.1, -0.05) is 5.21 Å². The lowest BCUT2D eigenvalue weighted by Crippen LogP contribution is -2.17. The van der Waals surface area contributed by atoms with Crippen LogP contribution in [-0.4, -0.2) is 39.3 Å². The van der Waals surface area contributed by atoms with Gasteiger partial charge in [0.05, 0.1) is 6.61 Å². The summed E-state index contributed by atoms with van der Waals surface area (Å²) in [6.45, 7) is 1.94. The van der Waals surface area contributed by atoms with E-state index >= 15 is 0 Å². The highest BCUT2D eigenvalue weighted by atomic mass is 79.9. The molecule has 1 aliphatic rings. The summed E-state index contributed by atoms with van der Waals surface area (Å²) >= 11 is 3.06. The number of ether oxygens (including phenoxy) is 1. The molecule has 0 bridgehead atoms. The third kappa shape index (κ3) is 2.18. The summed E-state index contributed by atoms with van der Waals surface area (Å²) in [7, 11) is 0. The monoisotopic (exact) mass is 275 g/mol. The van der Waals surface area contributed by atoms with E-state index in [-0.39, 0.29) is 10.3 Å². The minimum Gasteiger partial charge on any atom is -0.476 e. The molecule has 1 aliphatic heterocycles. The Kier molecular flexibility index (Phi) is 3.01. The van der Waals surface area contributed by atoms with Gasteiger partial charge in [-0.25, -0.2) is 9.48 Å². The Balaban J connectivity index is 2.16. The van der Waals surface area contributed by atoms with Crippen LogP contribution in [0.25, 0.3) is 0 Å². The normalized spacial score (nSPS) is 20.7. The summed E-state index contributed by atoms with van der Waals surface area (Å²) in [6, 6.07) is 0. The Morgan fingerprint density at radius 3 is 3.13 bits per heavy atom. The maximum absolute atomic E-state index is 10.9. The lowest BCUT2D eigenvalue weighted by Gasteiger charge is -2.07. The summed E-state index contributed by atoms with van der Waals surface area (Å²) in [4.78, 5) is 10.9. The first-order valence-corrected chi connectivity index (χ1v) is 5.38. The van der Waals surface area contributed by atoms with Crippen LogP contribution in [0.1, 0.15) is 16.9 Å². The van der Waals surface area contributed by atoms with Gasteiger partial charge in [0.25, 0.3) is 0 Å². The van der Waals surface area contributed by atoms with E-state index in [1.165, 1.54) is 4.68 Å². The van der Waals surface area contributed by atoms with Crippen LogP contribution in [0.5, 0.6) is 0 Å². The van der Waals surface area contributed by atoms with Crippen molar-refractivity contribution in [1.29, 1.82) is 0 Å². The second kappa shape index (κ2) is 4.28. The second-order valence-electron chi connectivity index (χ2n) is 3.45. The molecule has 2 rings (SSSR count). The highest BCUT2D eigenvalue weighted by Crippen LogP contribution is 2.18. The van der Waals surface area contributed by atoms with Gasteiger partial charge in [0, 0.05) is 19.1 Å². The van der Waals surface area contributed by atoms with E-state index in [2.05, 4.69) is 26.2 Å². The molecular weight excluding hydrogens is 266 g/mol. The Morgan fingerprint density at radius 1 is 1.73 bits per heavy atom. The van der Waals surface area contributed by atoms with E-state index in [1.807, 2.05) is 0 Å². The fraction of sp³-hybridized carbons (Fsp3) is 0.625. The van der Waals surface area contributed by atoms with Gasteiger partial charge in [-0.15, -0.1) is 5.10 Å². The van der Waals surface area contributed by atoms with E-state index in [0.717, 1.165) is 13.0 Å². The molecule has 2 heterocycles. The number of aromatic carboxylic acids is 1. The molecule has 82 valence electrons. The Hall–Kier alpha value is -0.950. The lowest BCUT2D eigenvalue weighted by molar-refractivity contribution is 0.0680. The van der Waals surface area contributed by atoms with Crippen molar-refractivity contribution >= 4 is 21.9 Å². The maximum atomic E-state index is 10.9. The zero-order valence-corrected chi connectivity index (χ0v) is 9.48. The number of nitrogens with zero attached hydrogens (tertiary/aromatic N) is 3. The van der Waals surface area contributed by atoms with Crippen LogP contribution in [0.4, 0.5) is 0 Å². The molecule has 7 heteroatoms. The standard InChI is InChI=1S/C8H10BrN3O3/c9-7-6(8(13)14)12(11-10-7)3-5-1-2-15-4-5/h5H,1-4H2,(H,13,14). The highest BCUT2D eigenvalue weighted by molar-refractivity contribution is 9.10. The first-order valence-electron chi connectivity index (χ1n) is 4.58. The van der Waals surface area contributed by atoms with Gasteiger partial charge in [-0.3, -0.25) is 0 Å². The topological polar surface area (TPSA) is 77.2 Å². The van der Waals surface area contributed by atoms with Crippen LogP contribution < -0.4 is 0 Å². The average molecular weight is 276 g/mol. The SMILES string of the molecule is O=C(O)c1c(Br)nnn1CC1CCOC1. The van der Waals surface area contributed by atoms with E-state index in [0.29, 0.717) is 19.1 Å². The lowest BCUT2D eigenvalue weighted by atomic mass is 10.1. The number of carboxylic acids is 1. The summed E-state index contributed by atoms with van der Waals surface area (Å²) in [5, 5.41) is 16.4. The predicted molar refractivity (Wildman–Crippen MR) is 53.6 cm³/mol. The van der Waals surface area contributed by atoms with Crippen LogP contribution >= 0.6 is 15.9 Å². The number of carbonyl (C=O) groups is 1. The largest absolute Gasteiger partial charge is 0.476 e. The molecule has 1 fully saturated rings. The molecule has 0 spiro atoms. The molecular formula is C8H10BrN3O3. The number of rotatable bonds is 3. The molecule has 1 N–H and O–H groups in total. The molecule has 6 nitrogen and oxygen atoms in total. The Morgan fingerprint density at radius 2 is 2.53 bits per heavy atom. The average Bonchev–Trinajstić information content (AvgIpc) is 2.76. The highest BCUT2D eigenvalue weighted by Gasteiger charge is 2.22. The number of halogens is 1. The van der Waals surface area contributed by atoms with E-state index in [4.69, 9.17) is 9.84 Å². The van der Waals surface area contributed by atoms with Gasteiger partial charge >= 0.3 is 5.97 Å². The molecule has 1 atom stereocenters. The van der Waals surface area contributed by atoms with Crippen LogP contribution in [0, 0.1) is 5.92 Å². The minimum absolute atomic E-state index is 0.0990. The zero-order chi connectivity index (χ0) is 10.8. The molecule has 0 aromatic carbocycles. The molecule has 0 aliphatic carbocycles. The van der Waals surface area contributed by atoms with Crippen LogP contribution in [0.3, 0.4) is 0 Å². The van der Waals surface area contributed by atoms with Crippen molar-refractivity contribution in [2.45, 2.75) is 13.0 Å². The Labute approximate surface area is 94.3 Å². The van der Waals surface area contributed by atoms with E-state index in [9.17, 15) is 4.79 Å². The Bertz CT molecular complexity index is 373. The van der Waals surface area contributed by atoms with Gasteiger partial charge < -0.3 is 9.84 Å². The van der Waals surface area contributed by atoms with Crippen molar-refractivity contribution < 1.29 is 14.6 Å². The van der Waals surface area contributed by atoms with Gasteiger partial charge in [0.2, 0.25) is 0 Å². The predicted octanol–water partition coefficient (Wildman–Crippen LogP) is 0.775. The third-order valence-electron chi connectivity index (χ3n) is 2.35. The van der Waals surface area contributed by atoms with E-state index in [1.54, 1.807) is 0 Å². The van der Waals surface area contributed by atoms with Crippen molar-refractivity contribution in [2.75, 3.05) is 13.2 Å². The zero-order valence-electron chi connectivity index (χ0n) is 7.89. The molecule has 15 heavy (non-hydrogen) atoms. The number of aromatic nitrogens is 3. The third-order valence-corrected chi connectivity index (χ3v) is 2.89. The first-order chi connectivity index (χ1) is 7.18. The fourth-order valence-corrected chi connectivity index (χ4v) is 2.04. The number of hydrogen-bond donors (Lipinski definition) is 1. The first kappa shape index (κ1) is 10.6. The van der Waals surface area contributed by atoms with Crippen LogP contribution in [-0.2, 0) is 11.3 Å². The summed E-state index contributed by atoms with van der Waals surface area (Å²) in [5.74, 6) is -0.692. The number of hydrogen-bond acceptors (Lipinski definition) is 4. The van der Waals surface area contributed by atoms with Gasteiger partial charge in [0.1, 0.15) is 0 Å². The molecule has 1 aromatic rings. The molecule has 1 unspecified atom stereocenters. The van der Waals surface area contributed by atoms with Crippen molar-refractivity contribution in [3.63, 3.8) is 0 Å². The molecule has 0 amide bonds. The molecule has 1 aromatic heterocycles. The molecule has 0 saturated carbocycles.